The molecule has 4 aliphatic rings. The van der Waals surface area contributed by atoms with Crippen LogP contribution in [-0.2, 0) is 11.2 Å². The Kier molecular flexibility index (Phi) is 5.67. The van der Waals surface area contributed by atoms with Gasteiger partial charge in [0.05, 0.1) is 44.0 Å². The molecule has 42 heavy (non-hydrogen) atoms. The Morgan fingerprint density at radius 2 is 1.55 bits per heavy atom. The number of aliphatic hydroxyl groups excluding tert-OH is 2. The van der Waals surface area contributed by atoms with Gasteiger partial charge in [-0.2, -0.15) is 0 Å². The quantitative estimate of drug-likeness (QED) is 0.281. The number of hydrogen-bond donors (Lipinski definition) is 2. The van der Waals surface area contributed by atoms with Gasteiger partial charge >= 0.3 is 5.97 Å². The third-order valence-electron chi connectivity index (χ3n) is 9.27. The zero-order chi connectivity index (χ0) is 29.7. The molecular weight excluding hydrogens is 540 g/mol. The molecular formula is C33H28O9. The summed E-state index contributed by atoms with van der Waals surface area (Å²) in [7, 11) is 4.30. The van der Waals surface area contributed by atoms with Gasteiger partial charge in [-0.25, -0.2) is 4.79 Å². The molecule has 9 heteroatoms. The highest BCUT2D eigenvalue weighted by molar-refractivity contribution is 6.31. The summed E-state index contributed by atoms with van der Waals surface area (Å²) in [5, 5.41) is 23.5. The van der Waals surface area contributed by atoms with Crippen LogP contribution in [0.5, 0.6) is 17.2 Å². The summed E-state index contributed by atoms with van der Waals surface area (Å²) >= 11 is 0. The molecule has 5 atom stereocenters. The Bertz CT molecular complexity index is 1770. The molecule has 1 spiro atoms. The number of aliphatic hydroxyl groups is 2. The Labute approximate surface area is 241 Å². The maximum absolute atomic E-state index is 14.3. The van der Waals surface area contributed by atoms with Crippen LogP contribution in [0.1, 0.15) is 76.5 Å². The molecule has 0 bridgehead atoms. The van der Waals surface area contributed by atoms with Crippen LogP contribution in [0.25, 0.3) is 0 Å². The minimum absolute atomic E-state index is 0.0909. The largest absolute Gasteiger partial charge is 0.496 e. The lowest BCUT2D eigenvalue weighted by Crippen LogP contribution is -2.52. The van der Waals surface area contributed by atoms with Crippen molar-refractivity contribution >= 4 is 17.5 Å². The number of ether oxygens (including phenoxy) is 4. The highest BCUT2D eigenvalue weighted by Gasteiger charge is 2.63. The summed E-state index contributed by atoms with van der Waals surface area (Å²) in [6.07, 6.45) is -0.298. The molecule has 0 saturated carbocycles. The molecule has 0 fully saturated rings. The van der Waals surface area contributed by atoms with Crippen LogP contribution in [0.3, 0.4) is 0 Å². The van der Waals surface area contributed by atoms with Gasteiger partial charge in [-0.3, -0.25) is 9.59 Å². The molecule has 1 aliphatic heterocycles. The van der Waals surface area contributed by atoms with E-state index in [9.17, 15) is 24.6 Å². The Balaban J connectivity index is 1.51. The zero-order valence-electron chi connectivity index (χ0n) is 23.4. The minimum Gasteiger partial charge on any atom is -0.496 e. The molecule has 0 unspecified atom stereocenters. The van der Waals surface area contributed by atoms with E-state index in [1.165, 1.54) is 27.4 Å². The first-order valence-electron chi connectivity index (χ1n) is 13.6. The topological polar surface area (TPSA) is 129 Å². The van der Waals surface area contributed by atoms with E-state index in [0.29, 0.717) is 16.7 Å². The number of carbonyl (C=O) groups is 3. The van der Waals surface area contributed by atoms with Crippen molar-refractivity contribution in [3.05, 3.63) is 98.6 Å². The summed E-state index contributed by atoms with van der Waals surface area (Å²) in [6, 6.07) is 9.99. The number of allylic oxidation sites excluding steroid dienone is 1. The smallest absolute Gasteiger partial charge is 0.342 e. The number of hydrogen-bond acceptors (Lipinski definition) is 9. The van der Waals surface area contributed by atoms with Gasteiger partial charge in [0.15, 0.2) is 5.78 Å². The van der Waals surface area contributed by atoms with Gasteiger partial charge in [0.2, 0.25) is 5.78 Å². The predicted molar refractivity (Wildman–Crippen MR) is 149 cm³/mol. The molecule has 0 aromatic heterocycles. The highest BCUT2D eigenvalue weighted by Crippen LogP contribution is 2.63. The molecule has 9 nitrogen and oxygen atoms in total. The van der Waals surface area contributed by atoms with Gasteiger partial charge in [-0.15, -0.1) is 0 Å². The van der Waals surface area contributed by atoms with E-state index >= 15 is 0 Å². The number of carbonyl (C=O) groups excluding carboxylic acids is 3. The lowest BCUT2D eigenvalue weighted by Gasteiger charge is -2.46. The maximum Gasteiger partial charge on any atom is 0.342 e. The van der Waals surface area contributed by atoms with Crippen molar-refractivity contribution in [1.29, 1.82) is 0 Å². The fourth-order valence-electron chi connectivity index (χ4n) is 7.58. The van der Waals surface area contributed by atoms with Gasteiger partial charge in [0.25, 0.3) is 0 Å². The van der Waals surface area contributed by atoms with Crippen molar-refractivity contribution in [2.45, 2.75) is 37.6 Å². The normalized spacial score (nSPS) is 26.6. The number of rotatable bonds is 3. The van der Waals surface area contributed by atoms with Crippen molar-refractivity contribution in [2.24, 2.45) is 5.41 Å². The Morgan fingerprint density at radius 3 is 2.26 bits per heavy atom. The summed E-state index contributed by atoms with van der Waals surface area (Å²) in [5.41, 5.74) is 1.74. The minimum atomic E-state index is -1.31. The molecule has 0 amide bonds. The SMILES string of the molecule is COc1cccc2c1C(=O)c1c(OC)cc3c(c1C2=O)[C@H]1C=C[C@@H](O)[C@H]2OC(=O)c4c(OC)cc(C)cc4[C@H](O)[C@]12C3. The number of fused-ring (bicyclic) bond motifs is 6. The second-order valence-electron chi connectivity index (χ2n) is 11.2. The van der Waals surface area contributed by atoms with Crippen molar-refractivity contribution in [3.63, 3.8) is 0 Å². The van der Waals surface area contributed by atoms with E-state index in [4.69, 9.17) is 18.9 Å². The molecule has 3 aliphatic carbocycles. The third-order valence-corrected chi connectivity index (χ3v) is 9.27. The fourth-order valence-corrected chi connectivity index (χ4v) is 7.58. The van der Waals surface area contributed by atoms with Crippen molar-refractivity contribution < 1.29 is 43.5 Å². The third kappa shape index (κ3) is 3.17. The Hall–Kier alpha value is -4.47. The summed E-state index contributed by atoms with van der Waals surface area (Å²) < 4.78 is 22.6. The number of aryl methyl sites for hydroxylation is 1. The van der Waals surface area contributed by atoms with Crippen LogP contribution < -0.4 is 14.2 Å². The molecule has 214 valence electrons. The molecule has 0 saturated heterocycles. The van der Waals surface area contributed by atoms with Crippen LogP contribution in [0, 0.1) is 12.3 Å². The first-order valence-corrected chi connectivity index (χ1v) is 13.6. The van der Waals surface area contributed by atoms with Crippen LogP contribution in [0.15, 0.2) is 48.6 Å². The fraction of sp³-hybridized carbons (Fsp3) is 0.303. The van der Waals surface area contributed by atoms with E-state index in [1.807, 2.05) is 6.92 Å². The highest BCUT2D eigenvalue weighted by atomic mass is 16.6. The number of methoxy groups -OCH3 is 3. The van der Waals surface area contributed by atoms with Crippen molar-refractivity contribution in [1.82, 2.24) is 0 Å². The average Bonchev–Trinajstić information content (AvgIpc) is 3.29. The van der Waals surface area contributed by atoms with E-state index in [2.05, 4.69) is 0 Å². The number of ketones is 2. The number of benzene rings is 3. The molecule has 2 N–H and O–H groups in total. The van der Waals surface area contributed by atoms with Gasteiger partial charge in [0.1, 0.15) is 35.0 Å². The van der Waals surface area contributed by atoms with Gasteiger partial charge in [-0.05, 0) is 53.8 Å². The van der Waals surface area contributed by atoms with Gasteiger partial charge in [-0.1, -0.05) is 30.4 Å². The summed E-state index contributed by atoms with van der Waals surface area (Å²) in [4.78, 5) is 41.9. The standard InChI is InChI=1S/C33H28O9/c1-14-10-17-25(21(11-14)40-3)32(38)42-31-19(34)9-8-18-23-15(13-33(18,31)30(17)37)12-22(41-4)26-27(23)28(35)16-6-5-7-20(39-2)24(16)29(26)36/h5-12,18-19,30-31,34,37H,13H2,1-4H3/t18-,19-,30+,31-,33+/m1/s1. The second kappa shape index (κ2) is 9.01. The van der Waals surface area contributed by atoms with E-state index in [-0.39, 0.29) is 57.3 Å². The van der Waals surface area contributed by atoms with Crippen molar-refractivity contribution in [3.8, 4) is 17.2 Å². The lowest BCUT2D eigenvalue weighted by molar-refractivity contribution is -0.119. The lowest BCUT2D eigenvalue weighted by atomic mass is 9.61. The zero-order valence-corrected chi connectivity index (χ0v) is 23.4. The van der Waals surface area contributed by atoms with Gasteiger partial charge in [0, 0.05) is 17.0 Å². The predicted octanol–water partition coefficient (Wildman–Crippen LogP) is 3.63. The van der Waals surface area contributed by atoms with Crippen LogP contribution in [0.2, 0.25) is 0 Å². The summed E-state index contributed by atoms with van der Waals surface area (Å²) in [6.45, 7) is 1.83. The molecule has 1 heterocycles. The van der Waals surface area contributed by atoms with Crippen molar-refractivity contribution in [2.75, 3.05) is 21.3 Å². The second-order valence-corrected chi connectivity index (χ2v) is 11.2. The number of esters is 1. The Morgan fingerprint density at radius 1 is 0.833 bits per heavy atom. The van der Waals surface area contributed by atoms with E-state index < -0.39 is 41.4 Å². The van der Waals surface area contributed by atoms with Crippen LogP contribution in [0.4, 0.5) is 0 Å². The molecule has 3 aromatic carbocycles. The van der Waals surface area contributed by atoms with Crippen LogP contribution >= 0.6 is 0 Å². The average molecular weight is 569 g/mol. The van der Waals surface area contributed by atoms with Crippen LogP contribution in [-0.4, -0.2) is 61.3 Å². The van der Waals surface area contributed by atoms with E-state index in [1.54, 1.807) is 42.5 Å². The monoisotopic (exact) mass is 568 g/mol. The molecule has 7 rings (SSSR count). The van der Waals surface area contributed by atoms with E-state index in [0.717, 1.165) is 5.56 Å². The summed E-state index contributed by atoms with van der Waals surface area (Å²) in [5.74, 6) is -1.45. The molecule has 0 radical (unpaired) electrons. The van der Waals surface area contributed by atoms with Gasteiger partial charge < -0.3 is 29.2 Å². The molecule has 3 aromatic rings. The first kappa shape index (κ1) is 26.4. The first-order chi connectivity index (χ1) is 20.2. The maximum atomic E-state index is 14.3.